The van der Waals surface area contributed by atoms with Crippen molar-refractivity contribution in [2.24, 2.45) is 5.92 Å². The number of carboxylic acids is 1. The Bertz CT molecular complexity index is 851. The minimum Gasteiger partial charge on any atom is -0.486 e. The lowest BCUT2D eigenvalue weighted by Crippen LogP contribution is -2.45. The molecule has 142 valence electrons. The fourth-order valence-electron chi connectivity index (χ4n) is 4.34. The summed E-state index contributed by atoms with van der Waals surface area (Å²) < 4.78 is 5.73. The van der Waals surface area contributed by atoms with Crippen LogP contribution in [0, 0.1) is 12.8 Å². The first-order valence-electron chi connectivity index (χ1n) is 9.21. The van der Waals surface area contributed by atoms with E-state index in [0.717, 1.165) is 30.0 Å². The Kier molecular flexibility index (Phi) is 4.86. The van der Waals surface area contributed by atoms with Crippen LogP contribution in [-0.2, 0) is 11.4 Å². The number of hydrogen-bond donors (Lipinski definition) is 1. The van der Waals surface area contributed by atoms with Gasteiger partial charge >= 0.3 is 5.97 Å². The zero-order valence-electron chi connectivity index (χ0n) is 15.1. The lowest BCUT2D eigenvalue weighted by molar-refractivity contribution is -0.138. The van der Waals surface area contributed by atoms with Crippen LogP contribution in [-0.4, -0.2) is 39.0 Å². The van der Waals surface area contributed by atoms with Gasteiger partial charge in [-0.3, -0.25) is 9.59 Å². The smallest absolute Gasteiger partial charge is 0.305 e. The van der Waals surface area contributed by atoms with Gasteiger partial charge in [-0.2, -0.15) is 0 Å². The van der Waals surface area contributed by atoms with Gasteiger partial charge in [0, 0.05) is 12.1 Å². The molecule has 1 aromatic heterocycles. The van der Waals surface area contributed by atoms with E-state index >= 15 is 0 Å². The maximum absolute atomic E-state index is 13.2. The molecule has 1 N–H and O–H groups in total. The number of carbonyl (C=O) groups is 2. The second-order valence-corrected chi connectivity index (χ2v) is 8.31. The van der Waals surface area contributed by atoms with Gasteiger partial charge in [-0.1, -0.05) is 18.2 Å². The zero-order valence-corrected chi connectivity index (χ0v) is 15.9. The molecule has 2 bridgehead atoms. The number of fused-ring (bicyclic) bond motifs is 2. The van der Waals surface area contributed by atoms with E-state index in [4.69, 9.17) is 4.74 Å². The summed E-state index contributed by atoms with van der Waals surface area (Å²) in [6.07, 6.45) is 2.93. The summed E-state index contributed by atoms with van der Waals surface area (Å²) in [7, 11) is 0. The fourth-order valence-corrected chi connectivity index (χ4v) is 5.27. The molecule has 2 heterocycles. The third-order valence-corrected chi connectivity index (χ3v) is 6.62. The van der Waals surface area contributed by atoms with Gasteiger partial charge in [0.2, 0.25) is 0 Å². The number of carboxylic acid groups (broad SMARTS) is 1. The van der Waals surface area contributed by atoms with Crippen molar-refractivity contribution in [1.82, 2.24) is 9.88 Å². The Morgan fingerprint density at radius 1 is 1.30 bits per heavy atom. The predicted molar refractivity (Wildman–Crippen MR) is 101 cm³/mol. The molecule has 27 heavy (non-hydrogen) atoms. The van der Waals surface area contributed by atoms with Gasteiger partial charge in [-0.15, -0.1) is 11.3 Å². The maximum atomic E-state index is 13.2. The standard InChI is InChI=1S/C20H22N2O4S/c1-12-19(27-17(21-12)11-26-15-5-3-2-4-6-15)20(25)22-14-8-7-13(9-14)16(22)10-18(23)24/h2-6,13-14,16H,7-11H2,1H3,(H,23,24)/t13-,14+,16+/m0/s1. The maximum Gasteiger partial charge on any atom is 0.305 e. The molecule has 4 rings (SSSR count). The largest absolute Gasteiger partial charge is 0.486 e. The van der Waals surface area contributed by atoms with Gasteiger partial charge in [0.15, 0.2) is 0 Å². The number of thiazole rings is 1. The molecule has 1 saturated carbocycles. The summed E-state index contributed by atoms with van der Waals surface area (Å²) in [5.41, 5.74) is 0.688. The zero-order chi connectivity index (χ0) is 19.0. The first kappa shape index (κ1) is 18.0. The van der Waals surface area contributed by atoms with Gasteiger partial charge in [0.25, 0.3) is 5.91 Å². The van der Waals surface area contributed by atoms with Crippen LogP contribution in [0.5, 0.6) is 5.75 Å². The van der Waals surface area contributed by atoms with Crippen LogP contribution in [0.25, 0.3) is 0 Å². The average molecular weight is 386 g/mol. The molecule has 1 aromatic carbocycles. The second-order valence-electron chi connectivity index (χ2n) is 7.23. The van der Waals surface area contributed by atoms with Gasteiger partial charge in [0.1, 0.15) is 22.2 Å². The van der Waals surface area contributed by atoms with Crippen molar-refractivity contribution in [3.8, 4) is 5.75 Å². The topological polar surface area (TPSA) is 79.7 Å². The lowest BCUT2D eigenvalue weighted by atomic mass is 9.95. The van der Waals surface area contributed by atoms with Crippen LogP contribution in [0.1, 0.15) is 46.1 Å². The number of aryl methyl sites for hydroxylation is 1. The molecule has 3 atom stereocenters. The van der Waals surface area contributed by atoms with Gasteiger partial charge in [0.05, 0.1) is 12.1 Å². The monoisotopic (exact) mass is 386 g/mol. The van der Waals surface area contributed by atoms with Crippen molar-refractivity contribution >= 4 is 23.2 Å². The number of piperidine rings is 1. The lowest BCUT2D eigenvalue weighted by Gasteiger charge is -2.34. The molecule has 0 spiro atoms. The first-order chi connectivity index (χ1) is 13.0. The minimum atomic E-state index is -0.844. The minimum absolute atomic E-state index is 0.0226. The summed E-state index contributed by atoms with van der Waals surface area (Å²) in [5, 5.41) is 9.99. The average Bonchev–Trinajstić information content (AvgIpc) is 3.34. The molecule has 1 aliphatic heterocycles. The molecular weight excluding hydrogens is 364 g/mol. The van der Waals surface area contributed by atoms with Gasteiger partial charge < -0.3 is 14.7 Å². The Labute approximate surface area is 161 Å². The van der Waals surface area contributed by atoms with Crippen LogP contribution in [0.15, 0.2) is 30.3 Å². The number of rotatable bonds is 6. The van der Waals surface area contributed by atoms with Crippen LogP contribution in [0.4, 0.5) is 0 Å². The number of ether oxygens (including phenoxy) is 1. The summed E-state index contributed by atoms with van der Waals surface area (Å²) in [4.78, 5) is 31.4. The van der Waals surface area contributed by atoms with Crippen LogP contribution in [0.3, 0.4) is 0 Å². The van der Waals surface area contributed by atoms with Gasteiger partial charge in [-0.25, -0.2) is 4.98 Å². The van der Waals surface area contributed by atoms with Crippen LogP contribution >= 0.6 is 11.3 Å². The fraction of sp³-hybridized carbons (Fsp3) is 0.450. The normalized spacial score (nSPS) is 23.6. The summed E-state index contributed by atoms with van der Waals surface area (Å²) >= 11 is 1.35. The van der Waals surface area contributed by atoms with E-state index < -0.39 is 5.97 Å². The molecule has 0 unspecified atom stereocenters. The number of benzene rings is 1. The molecule has 1 saturated heterocycles. The number of aliphatic carboxylic acids is 1. The highest BCUT2D eigenvalue weighted by atomic mass is 32.1. The Morgan fingerprint density at radius 3 is 2.81 bits per heavy atom. The molecule has 7 heteroatoms. The van der Waals surface area contributed by atoms with E-state index in [2.05, 4.69) is 4.98 Å². The molecule has 0 radical (unpaired) electrons. The predicted octanol–water partition coefficient (Wildman–Crippen LogP) is 3.50. The number of carbonyl (C=O) groups excluding carboxylic acids is 1. The molecule has 1 amide bonds. The summed E-state index contributed by atoms with van der Waals surface area (Å²) in [6, 6.07) is 9.46. The van der Waals surface area contributed by atoms with Gasteiger partial charge in [-0.05, 0) is 44.2 Å². The van der Waals surface area contributed by atoms with Crippen molar-refractivity contribution in [2.75, 3.05) is 0 Å². The SMILES string of the molecule is Cc1nc(COc2ccccc2)sc1C(=O)N1[C@@H]2CC[C@@H](C2)[C@H]1CC(=O)O. The van der Waals surface area contributed by atoms with Crippen molar-refractivity contribution < 1.29 is 19.4 Å². The number of para-hydroxylation sites is 1. The van der Waals surface area contributed by atoms with E-state index in [0.29, 0.717) is 23.1 Å². The van der Waals surface area contributed by atoms with Crippen molar-refractivity contribution in [2.45, 2.75) is 51.3 Å². The Balaban J connectivity index is 1.50. The number of amides is 1. The molecular formula is C20H22N2O4S. The molecule has 2 aromatic rings. The summed E-state index contributed by atoms with van der Waals surface area (Å²) in [6.45, 7) is 2.14. The highest BCUT2D eigenvalue weighted by Gasteiger charge is 2.49. The van der Waals surface area contributed by atoms with E-state index in [1.807, 2.05) is 42.2 Å². The van der Waals surface area contributed by atoms with Crippen molar-refractivity contribution in [3.63, 3.8) is 0 Å². The molecule has 1 aliphatic carbocycles. The number of nitrogens with zero attached hydrogens (tertiary/aromatic N) is 2. The van der Waals surface area contributed by atoms with Crippen LogP contribution in [0.2, 0.25) is 0 Å². The third kappa shape index (κ3) is 3.56. The summed E-state index contributed by atoms with van der Waals surface area (Å²) in [5.74, 6) is 0.151. The second kappa shape index (κ2) is 7.31. The highest BCUT2D eigenvalue weighted by Crippen LogP contribution is 2.44. The highest BCUT2D eigenvalue weighted by molar-refractivity contribution is 7.13. The van der Waals surface area contributed by atoms with Crippen LogP contribution < -0.4 is 4.74 Å². The number of hydrogen-bond acceptors (Lipinski definition) is 5. The quantitative estimate of drug-likeness (QED) is 0.822. The number of aromatic nitrogens is 1. The van der Waals surface area contributed by atoms with Crippen molar-refractivity contribution in [3.05, 3.63) is 45.9 Å². The van der Waals surface area contributed by atoms with Crippen molar-refractivity contribution in [1.29, 1.82) is 0 Å². The van der Waals surface area contributed by atoms with E-state index in [9.17, 15) is 14.7 Å². The molecule has 6 nitrogen and oxygen atoms in total. The molecule has 2 fully saturated rings. The number of likely N-dealkylation sites (tertiary alicyclic amines) is 1. The Hall–Kier alpha value is -2.41. The van der Waals surface area contributed by atoms with E-state index in [1.54, 1.807) is 0 Å². The third-order valence-electron chi connectivity index (χ3n) is 5.50. The first-order valence-corrected chi connectivity index (χ1v) is 10.0. The van der Waals surface area contributed by atoms with E-state index in [1.165, 1.54) is 11.3 Å². The Morgan fingerprint density at radius 2 is 2.07 bits per heavy atom. The molecule has 2 aliphatic rings. The van der Waals surface area contributed by atoms with E-state index in [-0.39, 0.29) is 24.4 Å².